The van der Waals surface area contributed by atoms with E-state index in [1.165, 1.54) is 38.5 Å². The molecule has 1 heterocycles. The van der Waals surface area contributed by atoms with Gasteiger partial charge in [-0.1, -0.05) is 25.7 Å². The molecule has 1 saturated heterocycles. The molecule has 0 aromatic rings. The fourth-order valence-corrected chi connectivity index (χ4v) is 3.17. The second-order valence-electron chi connectivity index (χ2n) is 5.71. The number of nitrogens with two attached hydrogens (primary N) is 1. The summed E-state index contributed by atoms with van der Waals surface area (Å²) >= 11 is 0. The van der Waals surface area contributed by atoms with Crippen LogP contribution in [0.2, 0.25) is 0 Å². The lowest BCUT2D eigenvalue weighted by Gasteiger charge is -2.26. The Labute approximate surface area is 117 Å². The lowest BCUT2D eigenvalue weighted by Crippen LogP contribution is -2.37. The summed E-state index contributed by atoms with van der Waals surface area (Å²) < 4.78 is 0. The number of nitrogens with zero attached hydrogens (tertiary/aromatic N) is 1. The lowest BCUT2D eigenvalue weighted by atomic mass is 9.99. The quantitative estimate of drug-likeness (QED) is 0.842. The van der Waals surface area contributed by atoms with Crippen molar-refractivity contribution in [2.24, 2.45) is 11.7 Å². The van der Waals surface area contributed by atoms with E-state index < -0.39 is 0 Å². The van der Waals surface area contributed by atoms with Crippen LogP contribution in [0.4, 0.5) is 0 Å². The second kappa shape index (κ2) is 8.00. The van der Waals surface area contributed by atoms with Crippen molar-refractivity contribution in [3.05, 3.63) is 0 Å². The number of carbonyl (C=O) groups is 1. The third-order valence-electron chi connectivity index (χ3n) is 4.36. The molecule has 2 atom stereocenters. The fourth-order valence-electron chi connectivity index (χ4n) is 3.17. The largest absolute Gasteiger partial charge is 0.343 e. The first-order valence-corrected chi connectivity index (χ1v) is 7.31. The van der Waals surface area contributed by atoms with Gasteiger partial charge in [0.2, 0.25) is 5.91 Å². The molecule has 0 radical (unpaired) electrons. The summed E-state index contributed by atoms with van der Waals surface area (Å²) in [5.74, 6) is 0.808. The molecule has 1 saturated carbocycles. The normalized spacial score (nSPS) is 29.3. The first-order valence-electron chi connectivity index (χ1n) is 7.31. The zero-order valence-corrected chi connectivity index (χ0v) is 12.1. The molecule has 2 N–H and O–H groups in total. The molecule has 0 bridgehead atoms. The predicted molar refractivity (Wildman–Crippen MR) is 76.8 cm³/mol. The standard InChI is InChI=1S/C14H26N2O.ClH/c15-13-8-6-7-12(13)11-14(17)16-9-4-2-1-3-5-10-16;/h12-13H,1-11,15H2;1H/t12-,13+;/m0./s1. The van der Waals surface area contributed by atoms with Crippen molar-refractivity contribution < 1.29 is 4.79 Å². The Morgan fingerprint density at radius 2 is 1.61 bits per heavy atom. The fraction of sp³-hybridized carbons (Fsp3) is 0.929. The second-order valence-corrected chi connectivity index (χ2v) is 5.71. The van der Waals surface area contributed by atoms with Crippen molar-refractivity contribution in [1.82, 2.24) is 4.90 Å². The Hall–Kier alpha value is -0.280. The summed E-state index contributed by atoms with van der Waals surface area (Å²) in [6.45, 7) is 1.95. The Morgan fingerprint density at radius 1 is 1.00 bits per heavy atom. The highest BCUT2D eigenvalue weighted by molar-refractivity contribution is 5.85. The number of hydrogen-bond donors (Lipinski definition) is 1. The van der Waals surface area contributed by atoms with Crippen LogP contribution in [-0.4, -0.2) is 29.9 Å². The summed E-state index contributed by atoms with van der Waals surface area (Å²) in [5.41, 5.74) is 6.04. The topological polar surface area (TPSA) is 46.3 Å². The van der Waals surface area contributed by atoms with E-state index in [1.807, 2.05) is 0 Å². The Balaban J connectivity index is 0.00000162. The summed E-state index contributed by atoms with van der Waals surface area (Å²) in [7, 11) is 0. The van der Waals surface area contributed by atoms with E-state index in [9.17, 15) is 4.79 Å². The van der Waals surface area contributed by atoms with Gasteiger partial charge in [0, 0.05) is 25.6 Å². The first-order chi connectivity index (χ1) is 8.27. The van der Waals surface area contributed by atoms with Gasteiger partial charge in [0.15, 0.2) is 0 Å². The van der Waals surface area contributed by atoms with Gasteiger partial charge in [0.25, 0.3) is 0 Å². The highest BCUT2D eigenvalue weighted by atomic mass is 35.5. The third kappa shape index (κ3) is 4.43. The van der Waals surface area contributed by atoms with Gasteiger partial charge in [0.05, 0.1) is 0 Å². The van der Waals surface area contributed by atoms with Crippen molar-refractivity contribution in [2.45, 2.75) is 63.8 Å². The molecule has 1 aliphatic carbocycles. The van der Waals surface area contributed by atoms with Crippen LogP contribution in [0.3, 0.4) is 0 Å². The molecule has 2 fully saturated rings. The van der Waals surface area contributed by atoms with Gasteiger partial charge in [-0.25, -0.2) is 0 Å². The molecule has 0 unspecified atom stereocenters. The summed E-state index contributed by atoms with van der Waals surface area (Å²) in [5, 5.41) is 0. The molecule has 3 nitrogen and oxygen atoms in total. The van der Waals surface area contributed by atoms with Gasteiger partial charge >= 0.3 is 0 Å². The minimum atomic E-state index is 0. The average Bonchev–Trinajstić information content (AvgIpc) is 2.63. The maximum absolute atomic E-state index is 12.2. The van der Waals surface area contributed by atoms with Gasteiger partial charge in [-0.3, -0.25) is 4.79 Å². The van der Waals surface area contributed by atoms with Gasteiger partial charge in [-0.2, -0.15) is 0 Å². The smallest absolute Gasteiger partial charge is 0.222 e. The lowest BCUT2D eigenvalue weighted by molar-refractivity contribution is -0.132. The number of carbonyl (C=O) groups excluding carboxylic acids is 1. The van der Waals surface area contributed by atoms with Crippen LogP contribution < -0.4 is 5.73 Å². The van der Waals surface area contributed by atoms with Crippen molar-refractivity contribution in [2.75, 3.05) is 13.1 Å². The van der Waals surface area contributed by atoms with E-state index in [0.29, 0.717) is 18.2 Å². The van der Waals surface area contributed by atoms with E-state index >= 15 is 0 Å². The average molecular weight is 275 g/mol. The van der Waals surface area contributed by atoms with Crippen LogP contribution in [0.15, 0.2) is 0 Å². The number of amides is 1. The molecule has 0 spiro atoms. The third-order valence-corrected chi connectivity index (χ3v) is 4.36. The minimum absolute atomic E-state index is 0. The molecule has 2 aliphatic rings. The molecule has 0 aromatic carbocycles. The van der Waals surface area contributed by atoms with Crippen LogP contribution in [-0.2, 0) is 4.79 Å². The van der Waals surface area contributed by atoms with Crippen LogP contribution >= 0.6 is 12.4 Å². The Morgan fingerprint density at radius 3 is 2.17 bits per heavy atom. The van der Waals surface area contributed by atoms with Crippen molar-refractivity contribution >= 4 is 18.3 Å². The molecule has 1 aliphatic heterocycles. The Bertz CT molecular complexity index is 252. The van der Waals surface area contributed by atoms with Crippen LogP contribution in [0.1, 0.15) is 57.8 Å². The molecule has 4 heteroatoms. The molecule has 0 aromatic heterocycles. The van der Waals surface area contributed by atoms with E-state index in [1.54, 1.807) is 0 Å². The zero-order chi connectivity index (χ0) is 12.1. The molecule has 1 amide bonds. The minimum Gasteiger partial charge on any atom is -0.343 e. The number of hydrogen-bond acceptors (Lipinski definition) is 2. The predicted octanol–water partition coefficient (Wildman–Crippen LogP) is 2.72. The molecule has 106 valence electrons. The van der Waals surface area contributed by atoms with Crippen molar-refractivity contribution in [1.29, 1.82) is 0 Å². The highest BCUT2D eigenvalue weighted by Gasteiger charge is 2.27. The van der Waals surface area contributed by atoms with E-state index in [2.05, 4.69) is 4.90 Å². The molecular weight excluding hydrogens is 248 g/mol. The van der Waals surface area contributed by atoms with Crippen molar-refractivity contribution in [3.8, 4) is 0 Å². The monoisotopic (exact) mass is 274 g/mol. The van der Waals surface area contributed by atoms with Crippen LogP contribution in [0.25, 0.3) is 0 Å². The van der Waals surface area contributed by atoms with Gasteiger partial charge < -0.3 is 10.6 Å². The molecular formula is C14H27ClN2O. The molecule has 2 rings (SSSR count). The summed E-state index contributed by atoms with van der Waals surface area (Å²) in [6, 6.07) is 0.272. The zero-order valence-electron chi connectivity index (χ0n) is 11.3. The summed E-state index contributed by atoms with van der Waals surface area (Å²) in [4.78, 5) is 14.3. The van der Waals surface area contributed by atoms with Gasteiger partial charge in [-0.15, -0.1) is 12.4 Å². The van der Waals surface area contributed by atoms with Crippen molar-refractivity contribution in [3.63, 3.8) is 0 Å². The first kappa shape index (κ1) is 15.8. The van der Waals surface area contributed by atoms with E-state index in [-0.39, 0.29) is 18.4 Å². The van der Waals surface area contributed by atoms with E-state index in [0.717, 1.165) is 25.9 Å². The number of likely N-dealkylation sites (tertiary alicyclic amines) is 1. The van der Waals surface area contributed by atoms with E-state index in [4.69, 9.17) is 5.73 Å². The SMILES string of the molecule is Cl.N[C@@H]1CCC[C@H]1CC(=O)N1CCCCCCC1. The van der Waals surface area contributed by atoms with Gasteiger partial charge in [0.1, 0.15) is 0 Å². The number of halogens is 1. The number of rotatable bonds is 2. The van der Waals surface area contributed by atoms with Crippen LogP contribution in [0, 0.1) is 5.92 Å². The summed E-state index contributed by atoms with van der Waals surface area (Å²) in [6.07, 6.45) is 10.4. The maximum Gasteiger partial charge on any atom is 0.222 e. The molecule has 18 heavy (non-hydrogen) atoms. The van der Waals surface area contributed by atoms with Crippen LogP contribution in [0.5, 0.6) is 0 Å². The van der Waals surface area contributed by atoms with Gasteiger partial charge in [-0.05, 0) is 31.6 Å². The highest BCUT2D eigenvalue weighted by Crippen LogP contribution is 2.27. The Kier molecular flexibility index (Phi) is 7.02. The maximum atomic E-state index is 12.2.